The van der Waals surface area contributed by atoms with Gasteiger partial charge < -0.3 is 14.6 Å². The Hall–Kier alpha value is -0.870. The van der Waals surface area contributed by atoms with Crippen molar-refractivity contribution in [1.82, 2.24) is 14.5 Å². The van der Waals surface area contributed by atoms with Gasteiger partial charge in [-0.25, -0.2) is 4.98 Å². The molecule has 90 valence electrons. The van der Waals surface area contributed by atoms with E-state index in [4.69, 9.17) is 0 Å². The van der Waals surface area contributed by atoms with Crippen molar-refractivity contribution in [1.29, 1.82) is 0 Å². The van der Waals surface area contributed by atoms with Crippen molar-refractivity contribution in [3.63, 3.8) is 0 Å². The van der Waals surface area contributed by atoms with E-state index in [1.54, 1.807) is 6.20 Å². The van der Waals surface area contributed by atoms with Gasteiger partial charge in [0.15, 0.2) is 0 Å². The van der Waals surface area contributed by atoms with E-state index in [0.29, 0.717) is 12.5 Å². The summed E-state index contributed by atoms with van der Waals surface area (Å²) in [5, 5.41) is 10.6. The van der Waals surface area contributed by atoms with Gasteiger partial charge in [-0.1, -0.05) is 0 Å². The first-order chi connectivity index (χ1) is 7.50. The summed E-state index contributed by atoms with van der Waals surface area (Å²) in [6.07, 6.45) is 6.04. The first kappa shape index (κ1) is 11.6. The number of rotatable bonds is 2. The van der Waals surface area contributed by atoms with E-state index in [0.717, 1.165) is 25.2 Å². The minimum absolute atomic E-state index is 0.444. The van der Waals surface area contributed by atoms with Crippen LogP contribution in [0, 0.1) is 0 Å². The summed E-state index contributed by atoms with van der Waals surface area (Å²) in [6, 6.07) is 0.444. The zero-order valence-corrected chi connectivity index (χ0v) is 10.3. The topological polar surface area (TPSA) is 41.3 Å². The number of aryl methyl sites for hydroxylation is 1. The smallest absolute Gasteiger partial charge is 0.111 e. The highest BCUT2D eigenvalue weighted by Gasteiger charge is 2.35. The zero-order valence-electron chi connectivity index (χ0n) is 10.3. The first-order valence-electron chi connectivity index (χ1n) is 5.89. The lowest BCUT2D eigenvalue weighted by Crippen LogP contribution is -2.49. The van der Waals surface area contributed by atoms with Crippen molar-refractivity contribution in [2.75, 3.05) is 13.6 Å². The fraction of sp³-hybridized carbons (Fsp3) is 0.750. The Balaban J connectivity index is 2.06. The molecule has 1 aromatic rings. The Morgan fingerprint density at radius 2 is 2.31 bits per heavy atom. The van der Waals surface area contributed by atoms with Gasteiger partial charge in [0.2, 0.25) is 0 Å². The molecule has 2 heterocycles. The molecule has 1 fully saturated rings. The molecule has 2 atom stereocenters. The Bertz CT molecular complexity index is 363. The molecule has 2 unspecified atom stereocenters. The van der Waals surface area contributed by atoms with Crippen LogP contribution in [0.15, 0.2) is 12.4 Å². The SMILES string of the molecule is CC1CC(O)(Cc2nccn2C)CCN1C. The highest BCUT2D eigenvalue weighted by atomic mass is 16.3. The highest BCUT2D eigenvalue weighted by Crippen LogP contribution is 2.28. The summed E-state index contributed by atoms with van der Waals surface area (Å²) in [4.78, 5) is 6.59. The Kier molecular flexibility index (Phi) is 3.04. The van der Waals surface area contributed by atoms with Gasteiger partial charge in [-0.05, 0) is 26.8 Å². The van der Waals surface area contributed by atoms with Crippen molar-refractivity contribution in [2.24, 2.45) is 7.05 Å². The normalized spacial score (nSPS) is 31.9. The molecule has 0 amide bonds. The molecule has 0 aromatic carbocycles. The Labute approximate surface area is 96.9 Å². The van der Waals surface area contributed by atoms with E-state index in [9.17, 15) is 5.11 Å². The van der Waals surface area contributed by atoms with Crippen LogP contribution in [0.2, 0.25) is 0 Å². The molecule has 0 aliphatic carbocycles. The largest absolute Gasteiger partial charge is 0.389 e. The number of likely N-dealkylation sites (tertiary alicyclic amines) is 1. The second-order valence-corrected chi connectivity index (χ2v) is 5.14. The number of hydrogen-bond donors (Lipinski definition) is 1. The van der Waals surface area contributed by atoms with Crippen LogP contribution < -0.4 is 0 Å². The fourth-order valence-corrected chi connectivity index (χ4v) is 2.43. The molecule has 1 N–H and O–H groups in total. The molecule has 16 heavy (non-hydrogen) atoms. The molecular formula is C12H21N3O. The molecule has 1 saturated heterocycles. The minimum Gasteiger partial charge on any atom is -0.389 e. The van der Waals surface area contributed by atoms with Gasteiger partial charge in [0.05, 0.1) is 5.60 Å². The summed E-state index contributed by atoms with van der Waals surface area (Å²) in [5.74, 6) is 0.972. The van der Waals surface area contributed by atoms with Gasteiger partial charge >= 0.3 is 0 Å². The highest BCUT2D eigenvalue weighted by molar-refractivity contribution is 5.01. The zero-order chi connectivity index (χ0) is 11.8. The monoisotopic (exact) mass is 223 g/mol. The van der Waals surface area contributed by atoms with Crippen LogP contribution >= 0.6 is 0 Å². The molecular weight excluding hydrogens is 202 g/mol. The summed E-state index contributed by atoms with van der Waals surface area (Å²) in [7, 11) is 4.09. The average Bonchev–Trinajstić information content (AvgIpc) is 2.59. The summed E-state index contributed by atoms with van der Waals surface area (Å²) >= 11 is 0. The van der Waals surface area contributed by atoms with Crippen molar-refractivity contribution in [2.45, 2.75) is 37.8 Å². The van der Waals surface area contributed by atoms with Gasteiger partial charge in [-0.3, -0.25) is 0 Å². The molecule has 0 bridgehead atoms. The summed E-state index contributed by atoms with van der Waals surface area (Å²) < 4.78 is 1.99. The molecule has 4 heteroatoms. The van der Waals surface area contributed by atoms with Crippen LogP contribution in [0.3, 0.4) is 0 Å². The maximum atomic E-state index is 10.6. The van der Waals surface area contributed by atoms with Crippen LogP contribution in [-0.2, 0) is 13.5 Å². The third-order valence-electron chi connectivity index (χ3n) is 3.77. The predicted octanol–water partition coefficient (Wildman–Crippen LogP) is 0.808. The van der Waals surface area contributed by atoms with Gasteiger partial charge in [-0.15, -0.1) is 0 Å². The van der Waals surface area contributed by atoms with Gasteiger partial charge in [-0.2, -0.15) is 0 Å². The van der Waals surface area contributed by atoms with Crippen LogP contribution in [-0.4, -0.2) is 44.8 Å². The number of aliphatic hydroxyl groups is 1. The molecule has 1 aliphatic heterocycles. The second kappa shape index (κ2) is 4.18. The van der Waals surface area contributed by atoms with E-state index >= 15 is 0 Å². The van der Waals surface area contributed by atoms with E-state index in [1.807, 2.05) is 17.8 Å². The third-order valence-corrected chi connectivity index (χ3v) is 3.77. The molecule has 0 spiro atoms. The van der Waals surface area contributed by atoms with Gasteiger partial charge in [0.25, 0.3) is 0 Å². The lowest BCUT2D eigenvalue weighted by atomic mass is 9.84. The number of piperidine rings is 1. The van der Waals surface area contributed by atoms with Crippen molar-refractivity contribution >= 4 is 0 Å². The molecule has 0 saturated carbocycles. The fourth-order valence-electron chi connectivity index (χ4n) is 2.43. The van der Waals surface area contributed by atoms with Crippen LogP contribution in [0.25, 0.3) is 0 Å². The summed E-state index contributed by atoms with van der Waals surface area (Å²) in [5.41, 5.74) is -0.578. The van der Waals surface area contributed by atoms with E-state index in [2.05, 4.69) is 23.9 Å². The quantitative estimate of drug-likeness (QED) is 0.806. The number of hydrogen-bond acceptors (Lipinski definition) is 3. The van der Waals surface area contributed by atoms with Crippen LogP contribution in [0.4, 0.5) is 0 Å². The van der Waals surface area contributed by atoms with Gasteiger partial charge in [0.1, 0.15) is 5.82 Å². The predicted molar refractivity (Wildman–Crippen MR) is 63.2 cm³/mol. The Morgan fingerprint density at radius 3 is 2.88 bits per heavy atom. The lowest BCUT2D eigenvalue weighted by Gasteiger charge is -2.40. The van der Waals surface area contributed by atoms with Crippen molar-refractivity contribution < 1.29 is 5.11 Å². The van der Waals surface area contributed by atoms with Crippen molar-refractivity contribution in [3.05, 3.63) is 18.2 Å². The average molecular weight is 223 g/mol. The van der Waals surface area contributed by atoms with E-state index in [-0.39, 0.29) is 0 Å². The third kappa shape index (κ3) is 2.28. The molecule has 1 aliphatic rings. The number of nitrogens with zero attached hydrogens (tertiary/aromatic N) is 3. The van der Waals surface area contributed by atoms with Gasteiger partial charge in [0, 0.05) is 38.4 Å². The Morgan fingerprint density at radius 1 is 1.56 bits per heavy atom. The lowest BCUT2D eigenvalue weighted by molar-refractivity contribution is -0.0370. The molecule has 2 rings (SSSR count). The molecule has 0 radical (unpaired) electrons. The summed E-state index contributed by atoms with van der Waals surface area (Å²) in [6.45, 7) is 3.13. The number of imidazole rings is 1. The van der Waals surface area contributed by atoms with E-state index in [1.165, 1.54) is 0 Å². The standard InChI is InChI=1S/C12H21N3O/c1-10-8-12(16,4-6-14(10)2)9-11-13-5-7-15(11)3/h5,7,10,16H,4,6,8-9H2,1-3H3. The van der Waals surface area contributed by atoms with E-state index < -0.39 is 5.60 Å². The van der Waals surface area contributed by atoms with Crippen molar-refractivity contribution in [3.8, 4) is 0 Å². The second-order valence-electron chi connectivity index (χ2n) is 5.14. The first-order valence-corrected chi connectivity index (χ1v) is 5.89. The van der Waals surface area contributed by atoms with Crippen LogP contribution in [0.5, 0.6) is 0 Å². The maximum Gasteiger partial charge on any atom is 0.111 e. The number of aromatic nitrogens is 2. The molecule has 1 aromatic heterocycles. The molecule has 4 nitrogen and oxygen atoms in total. The van der Waals surface area contributed by atoms with Crippen LogP contribution in [0.1, 0.15) is 25.6 Å². The maximum absolute atomic E-state index is 10.6. The minimum atomic E-state index is -0.578.